The Kier molecular flexibility index (Phi) is 3.58. The molecule has 3 aliphatic heterocycles. The lowest BCUT2D eigenvalue weighted by molar-refractivity contribution is -0.160. The molecule has 3 saturated heterocycles. The Labute approximate surface area is 118 Å². The van der Waals surface area contributed by atoms with Crippen LogP contribution in [0.3, 0.4) is 0 Å². The van der Waals surface area contributed by atoms with Crippen LogP contribution in [-0.4, -0.2) is 59.7 Å². The van der Waals surface area contributed by atoms with E-state index in [9.17, 15) is 9.90 Å². The number of piperidine rings is 3. The number of ether oxygens (including phenoxy) is 1. The number of aliphatic hydroxyl groups excluding tert-OH is 1. The Morgan fingerprint density at radius 1 is 1.45 bits per heavy atom. The van der Waals surface area contributed by atoms with Gasteiger partial charge < -0.3 is 9.84 Å². The maximum atomic E-state index is 12.8. The second-order valence-corrected chi connectivity index (χ2v) is 5.72. The van der Waals surface area contributed by atoms with Crippen LogP contribution in [0.4, 0.5) is 0 Å². The first-order chi connectivity index (χ1) is 9.73. The average Bonchev–Trinajstić information content (AvgIpc) is 2.52. The Hall–Kier alpha value is -1.30. The monoisotopic (exact) mass is 276 g/mol. The number of methoxy groups -OCH3 is 1. The van der Waals surface area contributed by atoms with Gasteiger partial charge in [-0.3, -0.25) is 14.7 Å². The van der Waals surface area contributed by atoms with Crippen LogP contribution in [0.5, 0.6) is 0 Å². The van der Waals surface area contributed by atoms with E-state index in [1.54, 1.807) is 19.5 Å². The van der Waals surface area contributed by atoms with Gasteiger partial charge >= 0.3 is 0 Å². The number of hydrogen-bond acceptors (Lipinski definition) is 5. The highest BCUT2D eigenvalue weighted by atomic mass is 16.5. The maximum absolute atomic E-state index is 12.8. The van der Waals surface area contributed by atoms with Gasteiger partial charge in [-0.2, -0.15) is 0 Å². The third-order valence-electron chi connectivity index (χ3n) is 4.79. The summed E-state index contributed by atoms with van der Waals surface area (Å²) >= 11 is 0. The van der Waals surface area contributed by atoms with Gasteiger partial charge in [0, 0.05) is 44.4 Å². The molecule has 5 nitrogen and oxygen atoms in total. The predicted octanol–water partition coefficient (Wildman–Crippen LogP) is 0.447. The van der Waals surface area contributed by atoms with Crippen LogP contribution >= 0.6 is 0 Å². The minimum atomic E-state index is -0.832. The number of hydrogen-bond donors (Lipinski definition) is 1. The minimum Gasteiger partial charge on any atom is -0.394 e. The second-order valence-electron chi connectivity index (χ2n) is 5.72. The van der Waals surface area contributed by atoms with Crippen LogP contribution in [0.2, 0.25) is 0 Å². The lowest BCUT2D eigenvalue weighted by Gasteiger charge is -2.54. The molecule has 3 aliphatic rings. The summed E-state index contributed by atoms with van der Waals surface area (Å²) in [4.78, 5) is 19.0. The van der Waals surface area contributed by atoms with E-state index >= 15 is 0 Å². The summed E-state index contributed by atoms with van der Waals surface area (Å²) in [5.74, 6) is 0.307. The van der Waals surface area contributed by atoms with Gasteiger partial charge in [0.2, 0.25) is 0 Å². The van der Waals surface area contributed by atoms with Gasteiger partial charge in [-0.15, -0.1) is 0 Å². The molecule has 20 heavy (non-hydrogen) atoms. The molecule has 0 amide bonds. The third kappa shape index (κ3) is 1.89. The van der Waals surface area contributed by atoms with Crippen molar-refractivity contribution in [3.05, 3.63) is 30.1 Å². The highest BCUT2D eigenvalue weighted by molar-refractivity contribution is 5.93. The zero-order valence-electron chi connectivity index (χ0n) is 11.7. The number of Topliss-reactive ketones (excluding diaryl/α,β-unsaturated/α-hetero) is 1. The quantitative estimate of drug-likeness (QED) is 0.865. The van der Waals surface area contributed by atoms with Crippen molar-refractivity contribution in [1.29, 1.82) is 0 Å². The fraction of sp³-hybridized carbons (Fsp3) is 0.600. The lowest BCUT2D eigenvalue weighted by atomic mass is 9.67. The Balaban J connectivity index is 1.92. The maximum Gasteiger partial charge on any atom is 0.161 e. The number of pyridine rings is 1. The number of carbonyl (C=O) groups excluding carboxylic acids is 1. The summed E-state index contributed by atoms with van der Waals surface area (Å²) < 4.78 is 5.21. The van der Waals surface area contributed by atoms with Gasteiger partial charge in [0.25, 0.3) is 0 Å². The number of aromatic nitrogens is 1. The van der Waals surface area contributed by atoms with E-state index in [0.29, 0.717) is 0 Å². The van der Waals surface area contributed by atoms with E-state index in [4.69, 9.17) is 4.74 Å². The Morgan fingerprint density at radius 3 is 2.80 bits per heavy atom. The zero-order valence-corrected chi connectivity index (χ0v) is 11.7. The molecule has 0 spiro atoms. The molecular weight excluding hydrogens is 256 g/mol. The van der Waals surface area contributed by atoms with Crippen molar-refractivity contribution in [2.75, 3.05) is 33.4 Å². The normalized spacial score (nSPS) is 36.3. The van der Waals surface area contributed by atoms with Crippen molar-refractivity contribution in [3.8, 4) is 0 Å². The van der Waals surface area contributed by atoms with Gasteiger partial charge in [0.15, 0.2) is 5.78 Å². The van der Waals surface area contributed by atoms with Crippen molar-refractivity contribution in [3.63, 3.8) is 0 Å². The molecule has 4 heterocycles. The van der Waals surface area contributed by atoms with Crippen LogP contribution in [0.1, 0.15) is 17.9 Å². The van der Waals surface area contributed by atoms with Gasteiger partial charge in [-0.1, -0.05) is 0 Å². The predicted molar refractivity (Wildman–Crippen MR) is 73.4 cm³/mol. The van der Waals surface area contributed by atoms with Gasteiger partial charge in [-0.05, 0) is 24.1 Å². The lowest BCUT2D eigenvalue weighted by Crippen LogP contribution is -2.70. The van der Waals surface area contributed by atoms with Crippen LogP contribution in [-0.2, 0) is 9.53 Å². The zero-order chi connectivity index (χ0) is 14.2. The van der Waals surface area contributed by atoms with Gasteiger partial charge in [0.05, 0.1) is 13.2 Å². The number of nitrogens with zero attached hydrogens (tertiary/aromatic N) is 2. The van der Waals surface area contributed by atoms with Gasteiger partial charge in [0.1, 0.15) is 5.54 Å². The standard InChI is InChI=1S/C15H20N2O3/c1-20-10-15(9-18)14(19)12-4-7-17(15)8-13(12)11-2-5-16-6-3-11/h2-3,5-6,12-13,18H,4,7-10H2,1H3. The highest BCUT2D eigenvalue weighted by Gasteiger charge is 2.56. The molecule has 2 bridgehead atoms. The summed E-state index contributed by atoms with van der Waals surface area (Å²) in [5, 5.41) is 9.77. The topological polar surface area (TPSA) is 62.7 Å². The summed E-state index contributed by atoms with van der Waals surface area (Å²) in [6.07, 6.45) is 4.40. The first-order valence-corrected chi connectivity index (χ1v) is 7.02. The smallest absolute Gasteiger partial charge is 0.161 e. The van der Waals surface area contributed by atoms with Gasteiger partial charge in [-0.25, -0.2) is 0 Å². The number of rotatable bonds is 4. The molecule has 1 aromatic heterocycles. The molecule has 5 heteroatoms. The molecule has 0 aromatic carbocycles. The number of ketones is 1. The van der Waals surface area contributed by atoms with E-state index in [2.05, 4.69) is 9.88 Å². The fourth-order valence-electron chi connectivity index (χ4n) is 3.73. The van der Waals surface area contributed by atoms with E-state index in [1.807, 2.05) is 12.1 Å². The van der Waals surface area contributed by atoms with E-state index < -0.39 is 5.54 Å². The Bertz CT molecular complexity index is 493. The molecule has 4 unspecified atom stereocenters. The summed E-state index contributed by atoms with van der Waals surface area (Å²) in [7, 11) is 1.58. The van der Waals surface area contributed by atoms with Crippen LogP contribution in [0.25, 0.3) is 0 Å². The van der Waals surface area contributed by atoms with E-state index in [1.165, 1.54) is 0 Å². The fourth-order valence-corrected chi connectivity index (χ4v) is 3.73. The summed E-state index contributed by atoms with van der Waals surface area (Å²) in [6, 6.07) is 3.97. The summed E-state index contributed by atoms with van der Waals surface area (Å²) in [5.41, 5.74) is 0.327. The van der Waals surface area contributed by atoms with Crippen molar-refractivity contribution >= 4 is 5.78 Å². The van der Waals surface area contributed by atoms with Crippen molar-refractivity contribution in [2.45, 2.75) is 17.9 Å². The molecule has 3 fully saturated rings. The number of aliphatic hydroxyl groups is 1. The largest absolute Gasteiger partial charge is 0.394 e. The van der Waals surface area contributed by atoms with Crippen molar-refractivity contribution in [2.24, 2.45) is 5.92 Å². The van der Waals surface area contributed by atoms with Crippen LogP contribution in [0, 0.1) is 5.92 Å². The molecule has 4 atom stereocenters. The van der Waals surface area contributed by atoms with Crippen molar-refractivity contribution in [1.82, 2.24) is 9.88 Å². The highest BCUT2D eigenvalue weighted by Crippen LogP contribution is 2.44. The number of fused-ring (bicyclic) bond motifs is 3. The molecular formula is C15H20N2O3. The van der Waals surface area contributed by atoms with E-state index in [-0.39, 0.29) is 30.8 Å². The molecule has 4 rings (SSSR count). The SMILES string of the molecule is COCC1(CO)C(=O)C2CCN1CC2c1ccncc1. The average molecular weight is 276 g/mol. The first-order valence-electron chi connectivity index (χ1n) is 7.02. The first kappa shape index (κ1) is 13.7. The Morgan fingerprint density at radius 2 is 2.20 bits per heavy atom. The molecule has 0 radical (unpaired) electrons. The molecule has 0 saturated carbocycles. The third-order valence-corrected chi connectivity index (χ3v) is 4.79. The van der Waals surface area contributed by atoms with E-state index in [0.717, 1.165) is 25.1 Å². The van der Waals surface area contributed by atoms with Crippen LogP contribution in [0.15, 0.2) is 24.5 Å². The molecule has 1 aromatic rings. The second kappa shape index (κ2) is 5.24. The molecule has 1 N–H and O–H groups in total. The molecule has 108 valence electrons. The molecule has 0 aliphatic carbocycles. The van der Waals surface area contributed by atoms with Crippen LogP contribution < -0.4 is 0 Å². The summed E-state index contributed by atoms with van der Waals surface area (Å²) in [6.45, 7) is 1.74. The van der Waals surface area contributed by atoms with Crippen molar-refractivity contribution < 1.29 is 14.6 Å². The minimum absolute atomic E-state index is 0.0234. The number of carbonyl (C=O) groups is 1.